The van der Waals surface area contributed by atoms with Gasteiger partial charge in [-0.05, 0) is 52.2 Å². The molecule has 2 aliphatic rings. The standard InChI is InChI=1S/C15H29N3O.ClH/c1-12-6-9-16-13(10-12)14(19)17-11-15(18(2)3)7-4-5-8-15;/h12-13,16H,4-11H2,1-3H3,(H,17,19);1H. The molecule has 118 valence electrons. The highest BCUT2D eigenvalue weighted by Gasteiger charge is 2.36. The van der Waals surface area contributed by atoms with Crippen LogP contribution in [0.1, 0.15) is 45.4 Å². The second-order valence-electron chi connectivity index (χ2n) is 6.68. The zero-order chi connectivity index (χ0) is 13.9. The van der Waals surface area contributed by atoms with Crippen molar-refractivity contribution in [2.75, 3.05) is 27.2 Å². The number of amides is 1. The van der Waals surface area contributed by atoms with Gasteiger partial charge in [-0.2, -0.15) is 0 Å². The van der Waals surface area contributed by atoms with E-state index in [0.29, 0.717) is 5.92 Å². The summed E-state index contributed by atoms with van der Waals surface area (Å²) in [6, 6.07) is 0.0179. The normalized spacial score (nSPS) is 29.0. The average Bonchev–Trinajstić information content (AvgIpc) is 2.86. The molecule has 20 heavy (non-hydrogen) atoms. The monoisotopic (exact) mass is 303 g/mol. The molecule has 2 unspecified atom stereocenters. The van der Waals surface area contributed by atoms with Crippen LogP contribution in [-0.2, 0) is 4.79 Å². The fraction of sp³-hybridized carbons (Fsp3) is 0.933. The van der Waals surface area contributed by atoms with Crippen molar-refractivity contribution in [3.8, 4) is 0 Å². The molecule has 1 aliphatic heterocycles. The molecule has 0 aromatic carbocycles. The van der Waals surface area contributed by atoms with Crippen LogP contribution in [0.25, 0.3) is 0 Å². The number of likely N-dealkylation sites (N-methyl/N-ethyl adjacent to an activating group) is 1. The molecule has 0 aromatic rings. The van der Waals surface area contributed by atoms with E-state index < -0.39 is 0 Å². The van der Waals surface area contributed by atoms with Gasteiger partial charge in [0.2, 0.25) is 5.91 Å². The highest BCUT2D eigenvalue weighted by atomic mass is 35.5. The van der Waals surface area contributed by atoms with Gasteiger partial charge in [-0.25, -0.2) is 0 Å². The van der Waals surface area contributed by atoms with Gasteiger partial charge in [-0.15, -0.1) is 12.4 Å². The zero-order valence-electron chi connectivity index (χ0n) is 13.1. The number of halogens is 1. The zero-order valence-corrected chi connectivity index (χ0v) is 13.9. The lowest BCUT2D eigenvalue weighted by atomic mass is 9.93. The van der Waals surface area contributed by atoms with Crippen molar-refractivity contribution in [3.63, 3.8) is 0 Å². The average molecular weight is 304 g/mol. The van der Waals surface area contributed by atoms with Crippen molar-refractivity contribution in [2.24, 2.45) is 5.92 Å². The number of carbonyl (C=O) groups excluding carboxylic acids is 1. The molecular formula is C15H30ClN3O. The van der Waals surface area contributed by atoms with Gasteiger partial charge in [0.05, 0.1) is 6.04 Å². The van der Waals surface area contributed by atoms with Crippen LogP contribution in [0.4, 0.5) is 0 Å². The molecule has 4 nitrogen and oxygen atoms in total. The number of nitrogens with one attached hydrogen (secondary N) is 2. The SMILES string of the molecule is CC1CCNC(C(=O)NCC2(N(C)C)CCCC2)C1.Cl. The summed E-state index contributed by atoms with van der Waals surface area (Å²) >= 11 is 0. The Morgan fingerprint density at radius 2 is 2.00 bits per heavy atom. The molecule has 2 N–H and O–H groups in total. The second kappa shape index (κ2) is 7.62. The lowest BCUT2D eigenvalue weighted by Gasteiger charge is -2.37. The van der Waals surface area contributed by atoms with Gasteiger partial charge in [0, 0.05) is 12.1 Å². The molecule has 2 fully saturated rings. The van der Waals surface area contributed by atoms with Crippen molar-refractivity contribution >= 4 is 18.3 Å². The first-order valence-electron chi connectivity index (χ1n) is 7.72. The number of nitrogens with zero attached hydrogens (tertiary/aromatic N) is 1. The molecule has 1 amide bonds. The molecule has 0 bridgehead atoms. The Kier molecular flexibility index (Phi) is 6.76. The van der Waals surface area contributed by atoms with Crippen LogP contribution < -0.4 is 10.6 Å². The summed E-state index contributed by atoms with van der Waals surface area (Å²) in [6.45, 7) is 4.00. The molecule has 2 atom stereocenters. The predicted octanol–water partition coefficient (Wildman–Crippen LogP) is 1.79. The van der Waals surface area contributed by atoms with E-state index in [1.54, 1.807) is 0 Å². The van der Waals surface area contributed by atoms with E-state index in [2.05, 4.69) is 36.6 Å². The van der Waals surface area contributed by atoms with E-state index in [9.17, 15) is 4.79 Å². The van der Waals surface area contributed by atoms with Crippen LogP contribution in [-0.4, -0.2) is 49.6 Å². The van der Waals surface area contributed by atoms with Gasteiger partial charge in [-0.1, -0.05) is 19.8 Å². The third kappa shape index (κ3) is 4.09. The summed E-state index contributed by atoms with van der Waals surface area (Å²) in [5.74, 6) is 0.853. The van der Waals surface area contributed by atoms with Crippen molar-refractivity contribution in [1.82, 2.24) is 15.5 Å². The summed E-state index contributed by atoms with van der Waals surface area (Å²) < 4.78 is 0. The fourth-order valence-electron chi connectivity index (χ4n) is 3.50. The molecule has 1 heterocycles. The van der Waals surface area contributed by atoms with E-state index in [1.807, 2.05) is 0 Å². The molecular weight excluding hydrogens is 274 g/mol. The van der Waals surface area contributed by atoms with Gasteiger partial charge in [0.25, 0.3) is 0 Å². The Morgan fingerprint density at radius 1 is 1.35 bits per heavy atom. The lowest BCUT2D eigenvalue weighted by Crippen LogP contribution is -2.55. The van der Waals surface area contributed by atoms with Crippen molar-refractivity contribution in [3.05, 3.63) is 0 Å². The second-order valence-corrected chi connectivity index (χ2v) is 6.68. The minimum atomic E-state index is 0. The molecule has 5 heteroatoms. The summed E-state index contributed by atoms with van der Waals surface area (Å²) in [7, 11) is 4.27. The Balaban J connectivity index is 0.00000200. The number of carbonyl (C=O) groups is 1. The molecule has 1 saturated heterocycles. The van der Waals surface area contributed by atoms with Crippen LogP contribution in [0.3, 0.4) is 0 Å². The van der Waals surface area contributed by atoms with Crippen molar-refractivity contribution in [2.45, 2.75) is 57.0 Å². The minimum absolute atomic E-state index is 0. The number of hydrogen-bond acceptors (Lipinski definition) is 3. The highest BCUT2D eigenvalue weighted by molar-refractivity contribution is 5.85. The number of rotatable bonds is 4. The molecule has 2 rings (SSSR count). The van der Waals surface area contributed by atoms with E-state index in [0.717, 1.165) is 19.5 Å². The summed E-state index contributed by atoms with van der Waals surface area (Å²) in [5.41, 5.74) is 0.190. The Hall–Kier alpha value is -0.320. The first-order valence-corrected chi connectivity index (χ1v) is 7.72. The van der Waals surface area contributed by atoms with Crippen molar-refractivity contribution in [1.29, 1.82) is 0 Å². The van der Waals surface area contributed by atoms with Crippen LogP contribution in [0, 0.1) is 5.92 Å². The van der Waals surface area contributed by atoms with Crippen LogP contribution in [0.2, 0.25) is 0 Å². The molecule has 0 radical (unpaired) electrons. The van der Waals surface area contributed by atoms with Crippen LogP contribution >= 0.6 is 12.4 Å². The van der Waals surface area contributed by atoms with E-state index >= 15 is 0 Å². The van der Waals surface area contributed by atoms with Crippen molar-refractivity contribution < 1.29 is 4.79 Å². The topological polar surface area (TPSA) is 44.4 Å². The van der Waals surface area contributed by atoms with Crippen LogP contribution in [0.5, 0.6) is 0 Å². The third-order valence-corrected chi connectivity index (χ3v) is 5.06. The maximum atomic E-state index is 12.3. The predicted molar refractivity (Wildman–Crippen MR) is 85.3 cm³/mol. The van der Waals surface area contributed by atoms with Crippen LogP contribution in [0.15, 0.2) is 0 Å². The Bertz CT molecular complexity index is 316. The first kappa shape index (κ1) is 17.7. The summed E-state index contributed by atoms with van der Waals surface area (Å²) in [6.07, 6.45) is 7.13. The quantitative estimate of drug-likeness (QED) is 0.832. The largest absolute Gasteiger partial charge is 0.353 e. The maximum Gasteiger partial charge on any atom is 0.237 e. The third-order valence-electron chi connectivity index (χ3n) is 5.06. The molecule has 0 aromatic heterocycles. The Morgan fingerprint density at radius 3 is 2.55 bits per heavy atom. The summed E-state index contributed by atoms with van der Waals surface area (Å²) in [4.78, 5) is 14.6. The summed E-state index contributed by atoms with van der Waals surface area (Å²) in [5, 5.41) is 6.53. The minimum Gasteiger partial charge on any atom is -0.353 e. The molecule has 1 aliphatic carbocycles. The van der Waals surface area contributed by atoms with E-state index in [1.165, 1.54) is 32.1 Å². The van der Waals surface area contributed by atoms with Gasteiger partial charge in [0.15, 0.2) is 0 Å². The number of hydrogen-bond donors (Lipinski definition) is 2. The smallest absolute Gasteiger partial charge is 0.237 e. The first-order chi connectivity index (χ1) is 9.03. The maximum absolute atomic E-state index is 12.3. The molecule has 1 saturated carbocycles. The highest BCUT2D eigenvalue weighted by Crippen LogP contribution is 2.33. The fourth-order valence-corrected chi connectivity index (χ4v) is 3.50. The number of piperidine rings is 1. The van der Waals surface area contributed by atoms with Gasteiger partial charge < -0.3 is 15.5 Å². The molecule has 0 spiro atoms. The van der Waals surface area contributed by atoms with E-state index in [-0.39, 0.29) is 29.9 Å². The lowest BCUT2D eigenvalue weighted by molar-refractivity contribution is -0.124. The van der Waals surface area contributed by atoms with Gasteiger partial charge in [-0.3, -0.25) is 4.79 Å². The van der Waals surface area contributed by atoms with Gasteiger partial charge in [0.1, 0.15) is 0 Å². The van der Waals surface area contributed by atoms with E-state index in [4.69, 9.17) is 0 Å². The Labute approximate surface area is 129 Å². The van der Waals surface area contributed by atoms with Gasteiger partial charge >= 0.3 is 0 Å².